The van der Waals surface area contributed by atoms with E-state index in [1.54, 1.807) is 18.2 Å². The van der Waals surface area contributed by atoms with Crippen LogP contribution >= 0.6 is 11.6 Å². The van der Waals surface area contributed by atoms with E-state index in [2.05, 4.69) is 10.3 Å². The second kappa shape index (κ2) is 7.56. The first-order valence-corrected chi connectivity index (χ1v) is 9.31. The van der Waals surface area contributed by atoms with Gasteiger partial charge in [-0.15, -0.1) is 0 Å². The van der Waals surface area contributed by atoms with Crippen molar-refractivity contribution in [2.45, 2.75) is 25.0 Å². The topological polar surface area (TPSA) is 80.4 Å². The Balaban J connectivity index is 1.49. The molecule has 6 nitrogen and oxygen atoms in total. The van der Waals surface area contributed by atoms with Crippen LogP contribution in [0.4, 0.5) is 0 Å². The number of carbonyl (C=O) groups is 2. The lowest BCUT2D eigenvalue weighted by Gasteiger charge is -2.18. The molecule has 28 heavy (non-hydrogen) atoms. The summed E-state index contributed by atoms with van der Waals surface area (Å²) in [6, 6.07) is 12.2. The molecule has 2 aromatic carbocycles. The quantitative estimate of drug-likeness (QED) is 0.647. The van der Waals surface area contributed by atoms with Crippen LogP contribution in [0, 0.1) is 0 Å². The molecule has 1 amide bonds. The maximum absolute atomic E-state index is 12.7. The summed E-state index contributed by atoms with van der Waals surface area (Å²) in [7, 11) is 1.31. The molecule has 0 saturated heterocycles. The van der Waals surface area contributed by atoms with Crippen LogP contribution < -0.4 is 10.1 Å². The van der Waals surface area contributed by atoms with Crippen molar-refractivity contribution in [1.29, 1.82) is 0 Å². The molecule has 1 aliphatic rings. The summed E-state index contributed by atoms with van der Waals surface area (Å²) in [6.07, 6.45) is 1.86. The molecule has 4 rings (SSSR count). The van der Waals surface area contributed by atoms with E-state index in [1.807, 2.05) is 30.5 Å². The zero-order valence-corrected chi connectivity index (χ0v) is 16.0. The van der Waals surface area contributed by atoms with E-state index in [9.17, 15) is 9.59 Å². The fraction of sp³-hybridized carbons (Fsp3) is 0.238. The number of halogens is 1. The molecule has 2 N–H and O–H groups in total. The summed E-state index contributed by atoms with van der Waals surface area (Å²) in [4.78, 5) is 28.2. The van der Waals surface area contributed by atoms with Gasteiger partial charge in [-0.05, 0) is 35.4 Å². The normalized spacial score (nSPS) is 16.3. The summed E-state index contributed by atoms with van der Waals surface area (Å²) < 4.78 is 10.6. The van der Waals surface area contributed by atoms with Crippen molar-refractivity contribution in [3.05, 3.63) is 64.8 Å². The number of nitrogens with one attached hydrogen (secondary N) is 2. The first-order chi connectivity index (χ1) is 13.5. The Kier molecular flexibility index (Phi) is 4.96. The minimum absolute atomic E-state index is 0.313. The standard InChI is InChI=1S/C21H19ClN2O4/c1-27-21(26)17(9-13-11-23-16-5-3-2-4-15(13)16)24-20(25)19-10-12-8-14(22)6-7-18(12)28-19/h2-8,11,17,19,23H,9-10H2,1H3,(H,24,25)/t17-,19-/m1/s1. The molecule has 2 heterocycles. The lowest BCUT2D eigenvalue weighted by Crippen LogP contribution is -2.48. The number of H-pyrrole nitrogens is 1. The van der Waals surface area contributed by atoms with Gasteiger partial charge < -0.3 is 19.8 Å². The van der Waals surface area contributed by atoms with Crippen molar-refractivity contribution in [2.75, 3.05) is 7.11 Å². The molecule has 7 heteroatoms. The highest BCUT2D eigenvalue weighted by molar-refractivity contribution is 6.30. The molecule has 3 aromatic rings. The number of hydrogen-bond donors (Lipinski definition) is 2. The van der Waals surface area contributed by atoms with Crippen molar-refractivity contribution in [3.63, 3.8) is 0 Å². The molecule has 1 aromatic heterocycles. The maximum Gasteiger partial charge on any atom is 0.328 e. The van der Waals surface area contributed by atoms with E-state index in [1.165, 1.54) is 7.11 Å². The first-order valence-electron chi connectivity index (χ1n) is 8.93. The van der Waals surface area contributed by atoms with Gasteiger partial charge in [-0.25, -0.2) is 4.79 Å². The summed E-state index contributed by atoms with van der Waals surface area (Å²) in [5.41, 5.74) is 2.77. The molecular weight excluding hydrogens is 380 g/mol. The van der Waals surface area contributed by atoms with Gasteiger partial charge in [-0.1, -0.05) is 29.8 Å². The summed E-state index contributed by atoms with van der Waals surface area (Å²) in [6.45, 7) is 0. The van der Waals surface area contributed by atoms with Crippen LogP contribution in [0.2, 0.25) is 5.02 Å². The summed E-state index contributed by atoms with van der Waals surface area (Å²) >= 11 is 6.00. The second-order valence-corrected chi connectivity index (χ2v) is 7.15. The predicted molar refractivity (Wildman–Crippen MR) is 106 cm³/mol. The molecule has 0 radical (unpaired) electrons. The average molecular weight is 399 g/mol. The van der Waals surface area contributed by atoms with Gasteiger partial charge in [0.1, 0.15) is 11.8 Å². The molecule has 0 bridgehead atoms. The van der Waals surface area contributed by atoms with E-state index in [0.29, 0.717) is 23.6 Å². The third-order valence-corrected chi connectivity index (χ3v) is 5.13. The van der Waals surface area contributed by atoms with Crippen LogP contribution in [0.25, 0.3) is 10.9 Å². The van der Waals surface area contributed by atoms with Gasteiger partial charge in [0, 0.05) is 35.0 Å². The van der Waals surface area contributed by atoms with Crippen LogP contribution in [-0.2, 0) is 27.2 Å². The van der Waals surface area contributed by atoms with Crippen molar-refractivity contribution in [2.24, 2.45) is 0 Å². The molecule has 0 spiro atoms. The van der Waals surface area contributed by atoms with E-state index >= 15 is 0 Å². The van der Waals surface area contributed by atoms with Crippen LogP contribution in [0.5, 0.6) is 5.75 Å². The molecule has 0 aliphatic carbocycles. The van der Waals surface area contributed by atoms with E-state index in [0.717, 1.165) is 22.0 Å². The highest BCUT2D eigenvalue weighted by Gasteiger charge is 2.32. The van der Waals surface area contributed by atoms with Gasteiger partial charge >= 0.3 is 5.97 Å². The molecule has 0 unspecified atom stereocenters. The summed E-state index contributed by atoms with van der Waals surface area (Å²) in [5, 5.41) is 4.37. The van der Waals surface area contributed by atoms with Gasteiger partial charge in [0.2, 0.25) is 0 Å². The Hall–Kier alpha value is -2.99. The van der Waals surface area contributed by atoms with E-state index < -0.39 is 18.1 Å². The van der Waals surface area contributed by atoms with Gasteiger partial charge in [0.25, 0.3) is 5.91 Å². The number of aromatic amines is 1. The SMILES string of the molecule is COC(=O)[C@@H](Cc1c[nH]c2ccccc12)NC(=O)[C@H]1Cc2cc(Cl)ccc2O1. The zero-order chi connectivity index (χ0) is 19.7. The molecular formula is C21H19ClN2O4. The number of esters is 1. The average Bonchev–Trinajstić information content (AvgIpc) is 3.30. The lowest BCUT2D eigenvalue weighted by atomic mass is 10.0. The molecule has 144 valence electrons. The Morgan fingerprint density at radius 3 is 2.96 bits per heavy atom. The lowest BCUT2D eigenvalue weighted by molar-refractivity contribution is -0.145. The first kappa shape index (κ1) is 18.4. The number of fused-ring (bicyclic) bond motifs is 2. The Labute approximate surface area is 166 Å². The summed E-state index contributed by atoms with van der Waals surface area (Å²) in [5.74, 6) is -0.226. The monoisotopic (exact) mass is 398 g/mol. The fourth-order valence-corrected chi connectivity index (χ4v) is 3.68. The Bertz CT molecular complexity index is 1050. The van der Waals surface area contributed by atoms with E-state index in [-0.39, 0.29) is 5.91 Å². The molecule has 0 saturated carbocycles. The number of methoxy groups -OCH3 is 1. The number of benzene rings is 2. The number of rotatable bonds is 5. The second-order valence-electron chi connectivity index (χ2n) is 6.71. The van der Waals surface area contributed by atoms with Crippen LogP contribution in [0.3, 0.4) is 0 Å². The van der Waals surface area contributed by atoms with Crippen LogP contribution in [-0.4, -0.2) is 36.1 Å². The predicted octanol–water partition coefficient (Wildman–Crippen LogP) is 3.03. The number of para-hydroxylation sites is 1. The van der Waals surface area contributed by atoms with Crippen molar-refractivity contribution in [3.8, 4) is 5.75 Å². The fourth-order valence-electron chi connectivity index (χ4n) is 3.48. The minimum Gasteiger partial charge on any atom is -0.480 e. The van der Waals surface area contributed by atoms with Crippen molar-refractivity contribution < 1.29 is 19.1 Å². The minimum atomic E-state index is -0.812. The molecule has 2 atom stereocenters. The number of aromatic nitrogens is 1. The maximum atomic E-state index is 12.7. The highest BCUT2D eigenvalue weighted by atomic mass is 35.5. The Morgan fingerprint density at radius 1 is 1.32 bits per heavy atom. The zero-order valence-electron chi connectivity index (χ0n) is 15.2. The Morgan fingerprint density at radius 2 is 2.14 bits per heavy atom. The van der Waals surface area contributed by atoms with Crippen LogP contribution in [0.1, 0.15) is 11.1 Å². The van der Waals surface area contributed by atoms with Crippen molar-refractivity contribution >= 4 is 34.4 Å². The number of ether oxygens (including phenoxy) is 2. The highest BCUT2D eigenvalue weighted by Crippen LogP contribution is 2.31. The third kappa shape index (κ3) is 3.55. The molecule has 1 aliphatic heterocycles. The van der Waals surface area contributed by atoms with E-state index in [4.69, 9.17) is 21.1 Å². The van der Waals surface area contributed by atoms with Gasteiger partial charge in [0.15, 0.2) is 6.10 Å². The number of amides is 1. The van der Waals surface area contributed by atoms with Gasteiger partial charge in [0.05, 0.1) is 7.11 Å². The van der Waals surface area contributed by atoms with Gasteiger partial charge in [-0.3, -0.25) is 4.79 Å². The van der Waals surface area contributed by atoms with Crippen molar-refractivity contribution in [1.82, 2.24) is 10.3 Å². The number of hydrogen-bond acceptors (Lipinski definition) is 4. The molecule has 0 fully saturated rings. The third-order valence-electron chi connectivity index (χ3n) is 4.89. The largest absolute Gasteiger partial charge is 0.480 e. The van der Waals surface area contributed by atoms with Crippen LogP contribution in [0.15, 0.2) is 48.7 Å². The van der Waals surface area contributed by atoms with Gasteiger partial charge in [-0.2, -0.15) is 0 Å². The smallest absolute Gasteiger partial charge is 0.328 e. The number of carbonyl (C=O) groups excluding carboxylic acids is 2.